The van der Waals surface area contributed by atoms with E-state index >= 15 is 0 Å². The molecule has 0 unspecified atom stereocenters. The number of nitrogen functional groups attached to an aromatic ring is 1. The molecule has 106 valence electrons. The monoisotopic (exact) mass is 284 g/mol. The molecule has 1 fully saturated rings. The highest BCUT2D eigenvalue weighted by Crippen LogP contribution is 2.27. The highest BCUT2D eigenvalue weighted by molar-refractivity contribution is 7.89. The van der Waals surface area contributed by atoms with Crippen molar-refractivity contribution < 1.29 is 8.42 Å². The second-order valence-electron chi connectivity index (χ2n) is 4.94. The van der Waals surface area contributed by atoms with Crippen LogP contribution in [0.3, 0.4) is 0 Å². The molecule has 0 aromatic carbocycles. The van der Waals surface area contributed by atoms with Crippen LogP contribution in [0.2, 0.25) is 0 Å². The summed E-state index contributed by atoms with van der Waals surface area (Å²) in [6.45, 7) is 0.545. The number of hydrazine groups is 1. The third kappa shape index (κ3) is 3.05. The number of rotatable bonds is 5. The molecule has 0 atom stereocenters. The van der Waals surface area contributed by atoms with Crippen molar-refractivity contribution in [1.82, 2.24) is 9.29 Å². The summed E-state index contributed by atoms with van der Waals surface area (Å²) >= 11 is 0. The average Bonchev–Trinajstić information content (AvgIpc) is 2.91. The molecule has 6 nitrogen and oxygen atoms in total. The molecule has 0 radical (unpaired) electrons. The number of hydrogen-bond donors (Lipinski definition) is 2. The van der Waals surface area contributed by atoms with Gasteiger partial charge in [0.05, 0.1) is 5.69 Å². The molecular weight excluding hydrogens is 264 g/mol. The molecule has 1 heterocycles. The standard InChI is InChI=1S/C12H20N4O2S/c1-16(9-10-5-2-3-6-10)19(17,18)12-11(15-13)7-4-8-14-12/h4,7-8,10,15H,2-3,5-6,9,13H2,1H3. The fourth-order valence-electron chi connectivity index (χ4n) is 2.51. The normalized spacial score (nSPS) is 17.0. The lowest BCUT2D eigenvalue weighted by atomic mass is 10.1. The fraction of sp³-hybridized carbons (Fsp3) is 0.583. The van der Waals surface area contributed by atoms with Crippen LogP contribution in [0.15, 0.2) is 23.4 Å². The van der Waals surface area contributed by atoms with Crippen molar-refractivity contribution in [3.8, 4) is 0 Å². The van der Waals surface area contributed by atoms with Gasteiger partial charge in [-0.2, -0.15) is 4.31 Å². The Kier molecular flexibility index (Phi) is 4.38. The number of sulfonamides is 1. The van der Waals surface area contributed by atoms with Gasteiger partial charge in [-0.15, -0.1) is 0 Å². The van der Waals surface area contributed by atoms with E-state index in [1.807, 2.05) is 0 Å². The summed E-state index contributed by atoms with van der Waals surface area (Å²) in [7, 11) is -1.99. The first-order valence-corrected chi connectivity index (χ1v) is 7.87. The van der Waals surface area contributed by atoms with Crippen LogP contribution in [0.25, 0.3) is 0 Å². The Morgan fingerprint density at radius 3 is 2.79 bits per heavy atom. The maximum atomic E-state index is 12.5. The van der Waals surface area contributed by atoms with E-state index in [2.05, 4.69) is 10.4 Å². The van der Waals surface area contributed by atoms with Gasteiger partial charge in [0.15, 0.2) is 5.03 Å². The Hall–Kier alpha value is -1.18. The molecule has 1 aliphatic carbocycles. The molecule has 7 heteroatoms. The molecule has 1 aromatic heterocycles. The van der Waals surface area contributed by atoms with Gasteiger partial charge in [-0.1, -0.05) is 12.8 Å². The zero-order chi connectivity index (χ0) is 13.9. The highest BCUT2D eigenvalue weighted by atomic mass is 32.2. The second-order valence-corrected chi connectivity index (χ2v) is 6.90. The van der Waals surface area contributed by atoms with Crippen molar-refractivity contribution in [1.29, 1.82) is 0 Å². The van der Waals surface area contributed by atoms with E-state index in [-0.39, 0.29) is 5.03 Å². The van der Waals surface area contributed by atoms with Crippen molar-refractivity contribution in [2.45, 2.75) is 30.7 Å². The minimum Gasteiger partial charge on any atom is -0.321 e. The maximum Gasteiger partial charge on any atom is 0.262 e. The van der Waals surface area contributed by atoms with Gasteiger partial charge in [0, 0.05) is 19.8 Å². The number of nitrogens with two attached hydrogens (primary N) is 1. The first-order valence-electron chi connectivity index (χ1n) is 6.43. The van der Waals surface area contributed by atoms with Crippen LogP contribution in [-0.2, 0) is 10.0 Å². The third-order valence-corrected chi connectivity index (χ3v) is 5.36. The summed E-state index contributed by atoms with van der Waals surface area (Å²) in [6.07, 6.45) is 6.04. The Bertz CT molecular complexity index is 526. The van der Waals surface area contributed by atoms with Gasteiger partial charge in [-0.25, -0.2) is 13.4 Å². The van der Waals surface area contributed by atoms with Crippen LogP contribution in [0, 0.1) is 5.92 Å². The van der Waals surface area contributed by atoms with E-state index in [4.69, 9.17) is 5.84 Å². The quantitative estimate of drug-likeness (QED) is 0.626. The number of hydrogen-bond acceptors (Lipinski definition) is 5. The smallest absolute Gasteiger partial charge is 0.262 e. The lowest BCUT2D eigenvalue weighted by Gasteiger charge is -2.21. The number of pyridine rings is 1. The fourth-order valence-corrected chi connectivity index (χ4v) is 3.81. The molecule has 0 spiro atoms. The van der Waals surface area contributed by atoms with Gasteiger partial charge in [0.1, 0.15) is 0 Å². The first-order chi connectivity index (χ1) is 9.05. The molecule has 2 rings (SSSR count). The molecule has 0 saturated heterocycles. The number of nitrogens with zero attached hydrogens (tertiary/aromatic N) is 2. The van der Waals surface area contributed by atoms with Gasteiger partial charge >= 0.3 is 0 Å². The van der Waals surface area contributed by atoms with E-state index < -0.39 is 10.0 Å². The van der Waals surface area contributed by atoms with Crippen LogP contribution in [0.4, 0.5) is 5.69 Å². The number of aromatic nitrogens is 1. The topological polar surface area (TPSA) is 88.3 Å². The van der Waals surface area contributed by atoms with E-state index in [1.54, 1.807) is 19.2 Å². The summed E-state index contributed by atoms with van der Waals surface area (Å²) in [5, 5.41) is -0.0157. The molecule has 0 bridgehead atoms. The van der Waals surface area contributed by atoms with Gasteiger partial charge < -0.3 is 5.43 Å². The summed E-state index contributed by atoms with van der Waals surface area (Å²) in [4.78, 5) is 3.94. The zero-order valence-corrected chi connectivity index (χ0v) is 11.9. The number of anilines is 1. The van der Waals surface area contributed by atoms with Gasteiger partial charge in [0.2, 0.25) is 0 Å². The maximum absolute atomic E-state index is 12.5. The predicted octanol–water partition coefficient (Wildman–Crippen LogP) is 1.18. The third-order valence-electron chi connectivity index (χ3n) is 3.57. The zero-order valence-electron chi connectivity index (χ0n) is 11.0. The Labute approximate surface area is 114 Å². The minimum absolute atomic E-state index is 0.0157. The Morgan fingerprint density at radius 2 is 2.16 bits per heavy atom. The van der Waals surface area contributed by atoms with Crippen LogP contribution in [-0.4, -0.2) is 31.3 Å². The first kappa shape index (κ1) is 14.2. The van der Waals surface area contributed by atoms with Crippen molar-refractivity contribution in [3.05, 3.63) is 18.3 Å². The van der Waals surface area contributed by atoms with Crippen molar-refractivity contribution >= 4 is 15.7 Å². The van der Waals surface area contributed by atoms with Gasteiger partial charge in [0.25, 0.3) is 10.0 Å². The predicted molar refractivity (Wildman–Crippen MR) is 73.8 cm³/mol. The number of nitrogens with one attached hydrogen (secondary N) is 1. The Morgan fingerprint density at radius 1 is 1.47 bits per heavy atom. The summed E-state index contributed by atoms with van der Waals surface area (Å²) in [5.41, 5.74) is 2.70. The molecular formula is C12H20N4O2S. The van der Waals surface area contributed by atoms with Crippen LogP contribution in [0.5, 0.6) is 0 Å². The molecule has 3 N–H and O–H groups in total. The summed E-state index contributed by atoms with van der Waals surface area (Å²) in [6, 6.07) is 3.24. The van der Waals surface area contributed by atoms with Crippen molar-refractivity contribution in [2.75, 3.05) is 19.0 Å². The molecule has 1 aliphatic rings. The molecule has 1 saturated carbocycles. The summed E-state index contributed by atoms with van der Waals surface area (Å²) < 4.78 is 26.3. The van der Waals surface area contributed by atoms with Crippen LogP contribution >= 0.6 is 0 Å². The van der Waals surface area contributed by atoms with E-state index in [0.29, 0.717) is 18.2 Å². The lowest BCUT2D eigenvalue weighted by molar-refractivity contribution is 0.386. The molecule has 0 amide bonds. The van der Waals surface area contributed by atoms with Gasteiger partial charge in [-0.3, -0.25) is 5.84 Å². The van der Waals surface area contributed by atoms with E-state index in [9.17, 15) is 8.42 Å². The van der Waals surface area contributed by atoms with E-state index in [1.165, 1.54) is 23.3 Å². The second kappa shape index (κ2) is 5.85. The average molecular weight is 284 g/mol. The largest absolute Gasteiger partial charge is 0.321 e. The molecule has 1 aromatic rings. The lowest BCUT2D eigenvalue weighted by Crippen LogP contribution is -2.32. The minimum atomic E-state index is -3.59. The Balaban J connectivity index is 2.20. The highest BCUT2D eigenvalue weighted by Gasteiger charge is 2.28. The molecule has 0 aliphatic heterocycles. The van der Waals surface area contributed by atoms with E-state index in [0.717, 1.165) is 12.8 Å². The van der Waals surface area contributed by atoms with Crippen LogP contribution < -0.4 is 11.3 Å². The van der Waals surface area contributed by atoms with Crippen molar-refractivity contribution in [2.24, 2.45) is 11.8 Å². The van der Waals surface area contributed by atoms with Crippen molar-refractivity contribution in [3.63, 3.8) is 0 Å². The molecule has 19 heavy (non-hydrogen) atoms. The van der Waals surface area contributed by atoms with Gasteiger partial charge in [-0.05, 0) is 30.9 Å². The SMILES string of the molecule is CN(CC1CCCC1)S(=O)(=O)c1ncccc1NN. The summed E-state index contributed by atoms with van der Waals surface area (Å²) in [5.74, 6) is 5.79. The van der Waals surface area contributed by atoms with Crippen LogP contribution in [0.1, 0.15) is 25.7 Å².